The van der Waals surface area contributed by atoms with Crippen molar-refractivity contribution in [2.24, 2.45) is 7.05 Å². The number of nitrogens with zero attached hydrogens (tertiary/aromatic N) is 2. The van der Waals surface area contributed by atoms with Gasteiger partial charge in [-0.2, -0.15) is 0 Å². The quantitative estimate of drug-likeness (QED) is 0.897. The van der Waals surface area contributed by atoms with Gasteiger partial charge in [-0.05, 0) is 23.8 Å². The summed E-state index contributed by atoms with van der Waals surface area (Å²) in [5.74, 6) is -0.438. The predicted octanol–water partition coefficient (Wildman–Crippen LogP) is 1.08. The largest absolute Gasteiger partial charge is 0.393 e. The summed E-state index contributed by atoms with van der Waals surface area (Å²) in [4.78, 5) is 23.8. The lowest BCUT2D eigenvalue weighted by Gasteiger charge is -2.09. The van der Waals surface area contributed by atoms with Crippen LogP contribution in [0.3, 0.4) is 0 Å². The maximum Gasteiger partial charge on any atom is 0.331 e. The Morgan fingerprint density at radius 3 is 2.74 bits per heavy atom. The Hall–Kier alpha value is -1.89. The number of rotatable bonds is 2. The van der Waals surface area contributed by atoms with Crippen LogP contribution < -0.4 is 17.0 Å². The molecule has 1 aromatic carbocycles. The molecule has 0 spiro atoms. The third kappa shape index (κ3) is 2.60. The van der Waals surface area contributed by atoms with Gasteiger partial charge in [-0.25, -0.2) is 9.18 Å². The van der Waals surface area contributed by atoms with Gasteiger partial charge in [0, 0.05) is 17.7 Å². The smallest absolute Gasteiger partial charge is 0.331 e. The van der Waals surface area contributed by atoms with E-state index in [1.807, 2.05) is 0 Å². The molecule has 0 unspecified atom stereocenters. The number of hydrogen-bond acceptors (Lipinski definition) is 3. The molecule has 0 amide bonds. The minimum absolute atomic E-state index is 0.0328. The first-order valence-electron chi connectivity index (χ1n) is 5.40. The van der Waals surface area contributed by atoms with E-state index in [0.29, 0.717) is 10.0 Å². The Morgan fingerprint density at radius 2 is 2.05 bits per heavy atom. The lowest BCUT2D eigenvalue weighted by molar-refractivity contribution is 0.613. The van der Waals surface area contributed by atoms with Crippen molar-refractivity contribution in [3.63, 3.8) is 0 Å². The first-order valence-corrected chi connectivity index (χ1v) is 6.19. The Labute approximate surface area is 116 Å². The third-order valence-corrected chi connectivity index (χ3v) is 3.47. The molecule has 2 N–H and O–H groups in total. The second kappa shape index (κ2) is 5.00. The zero-order chi connectivity index (χ0) is 14.2. The molecule has 1 aromatic heterocycles. The maximum atomic E-state index is 13.2. The minimum atomic E-state index is -0.584. The number of aryl methyl sites for hydroxylation is 1. The fourth-order valence-electron chi connectivity index (χ4n) is 1.73. The van der Waals surface area contributed by atoms with Gasteiger partial charge < -0.3 is 10.3 Å². The second-order valence-electron chi connectivity index (χ2n) is 4.10. The lowest BCUT2D eigenvalue weighted by Crippen LogP contribution is -2.40. The monoisotopic (exact) mass is 327 g/mol. The highest BCUT2D eigenvalue weighted by Gasteiger charge is 2.10. The zero-order valence-electron chi connectivity index (χ0n) is 10.1. The fourth-order valence-corrected chi connectivity index (χ4v) is 2.10. The Bertz CT molecular complexity index is 717. The first-order chi connectivity index (χ1) is 8.90. The van der Waals surface area contributed by atoms with E-state index >= 15 is 0 Å². The van der Waals surface area contributed by atoms with Gasteiger partial charge in [0.1, 0.15) is 11.5 Å². The van der Waals surface area contributed by atoms with Crippen LogP contribution in [-0.4, -0.2) is 9.13 Å². The van der Waals surface area contributed by atoms with E-state index in [1.165, 1.54) is 36.0 Å². The average molecular weight is 328 g/mol. The molecule has 1 heterocycles. The van der Waals surface area contributed by atoms with E-state index in [4.69, 9.17) is 5.73 Å². The van der Waals surface area contributed by atoms with E-state index in [-0.39, 0.29) is 12.2 Å². The third-order valence-electron chi connectivity index (χ3n) is 2.69. The standard InChI is InChI=1S/C12H11BrFN3O2/c1-16-6-10(15)11(18)17(12(16)19)5-7-4-8(14)2-3-9(7)13/h2-4,6H,5,15H2,1H3. The van der Waals surface area contributed by atoms with Gasteiger partial charge in [0.15, 0.2) is 0 Å². The van der Waals surface area contributed by atoms with E-state index in [2.05, 4.69) is 15.9 Å². The number of aromatic nitrogens is 2. The molecule has 0 saturated carbocycles. The molecular weight excluding hydrogens is 317 g/mol. The molecule has 7 heteroatoms. The maximum absolute atomic E-state index is 13.2. The normalized spacial score (nSPS) is 10.7. The van der Waals surface area contributed by atoms with E-state index in [9.17, 15) is 14.0 Å². The molecule has 0 fully saturated rings. The number of anilines is 1. The zero-order valence-corrected chi connectivity index (χ0v) is 11.6. The van der Waals surface area contributed by atoms with Crippen molar-refractivity contribution in [1.29, 1.82) is 0 Å². The summed E-state index contributed by atoms with van der Waals surface area (Å²) in [5, 5.41) is 0. The summed E-state index contributed by atoms with van der Waals surface area (Å²) in [6.45, 7) is -0.0467. The molecular formula is C12H11BrFN3O2. The highest BCUT2D eigenvalue weighted by molar-refractivity contribution is 9.10. The Balaban J connectivity index is 2.59. The van der Waals surface area contributed by atoms with Crippen molar-refractivity contribution in [1.82, 2.24) is 9.13 Å². The summed E-state index contributed by atoms with van der Waals surface area (Å²) < 4.78 is 16.0. The molecule has 0 aliphatic heterocycles. The van der Waals surface area contributed by atoms with Crippen molar-refractivity contribution in [3.8, 4) is 0 Å². The molecule has 2 rings (SSSR count). The van der Waals surface area contributed by atoms with Gasteiger partial charge >= 0.3 is 5.69 Å². The molecule has 19 heavy (non-hydrogen) atoms. The van der Waals surface area contributed by atoms with Crippen LogP contribution in [0.15, 0.2) is 38.5 Å². The summed E-state index contributed by atoms with van der Waals surface area (Å²) in [5.41, 5.74) is 4.90. The Morgan fingerprint density at radius 1 is 1.37 bits per heavy atom. The van der Waals surface area contributed by atoms with Crippen LogP contribution in [0.25, 0.3) is 0 Å². The van der Waals surface area contributed by atoms with Gasteiger partial charge in [0.25, 0.3) is 5.56 Å². The molecule has 0 bridgehead atoms. The van der Waals surface area contributed by atoms with Crippen molar-refractivity contribution in [2.45, 2.75) is 6.54 Å². The van der Waals surface area contributed by atoms with Crippen LogP contribution in [0, 0.1) is 5.82 Å². The summed E-state index contributed by atoms with van der Waals surface area (Å²) in [7, 11) is 1.50. The van der Waals surface area contributed by atoms with Crippen molar-refractivity contribution in [2.75, 3.05) is 5.73 Å². The summed E-state index contributed by atoms with van der Waals surface area (Å²) in [6, 6.07) is 4.07. The molecule has 2 aromatic rings. The first kappa shape index (κ1) is 13.5. The van der Waals surface area contributed by atoms with Crippen molar-refractivity contribution in [3.05, 3.63) is 61.1 Å². The van der Waals surface area contributed by atoms with Crippen LogP contribution in [-0.2, 0) is 13.6 Å². The van der Waals surface area contributed by atoms with Gasteiger partial charge in [0.05, 0.1) is 6.54 Å². The van der Waals surface area contributed by atoms with E-state index in [1.54, 1.807) is 0 Å². The second-order valence-corrected chi connectivity index (χ2v) is 4.96. The highest BCUT2D eigenvalue weighted by atomic mass is 79.9. The number of nitrogen functional groups attached to an aromatic ring is 1. The van der Waals surface area contributed by atoms with E-state index in [0.717, 1.165) is 4.57 Å². The lowest BCUT2D eigenvalue weighted by atomic mass is 10.2. The number of hydrogen-bond donors (Lipinski definition) is 1. The molecule has 0 atom stereocenters. The highest BCUT2D eigenvalue weighted by Crippen LogP contribution is 2.18. The number of nitrogens with two attached hydrogens (primary N) is 1. The van der Waals surface area contributed by atoms with Gasteiger partial charge in [0.2, 0.25) is 0 Å². The Kier molecular flexibility index (Phi) is 3.57. The average Bonchev–Trinajstić information content (AvgIpc) is 2.36. The van der Waals surface area contributed by atoms with Crippen molar-refractivity contribution >= 4 is 21.6 Å². The topological polar surface area (TPSA) is 70.0 Å². The van der Waals surface area contributed by atoms with Crippen LogP contribution in [0.4, 0.5) is 10.1 Å². The summed E-state index contributed by atoms with van der Waals surface area (Å²) >= 11 is 3.25. The van der Waals surface area contributed by atoms with Crippen LogP contribution >= 0.6 is 15.9 Å². The number of benzene rings is 1. The van der Waals surface area contributed by atoms with Crippen LogP contribution in [0.2, 0.25) is 0 Å². The molecule has 100 valence electrons. The minimum Gasteiger partial charge on any atom is -0.393 e. The molecule has 0 aliphatic rings. The van der Waals surface area contributed by atoms with Crippen LogP contribution in [0.5, 0.6) is 0 Å². The molecule has 0 aliphatic carbocycles. The molecule has 5 nitrogen and oxygen atoms in total. The van der Waals surface area contributed by atoms with E-state index < -0.39 is 17.1 Å². The SMILES string of the molecule is Cn1cc(N)c(=O)n(Cc2cc(F)ccc2Br)c1=O. The molecule has 0 radical (unpaired) electrons. The van der Waals surface area contributed by atoms with Gasteiger partial charge in [-0.15, -0.1) is 0 Å². The molecule has 0 saturated heterocycles. The summed E-state index contributed by atoms with van der Waals surface area (Å²) in [6.07, 6.45) is 1.27. The number of halogens is 2. The van der Waals surface area contributed by atoms with Crippen molar-refractivity contribution < 1.29 is 4.39 Å². The van der Waals surface area contributed by atoms with Gasteiger partial charge in [-0.1, -0.05) is 15.9 Å². The predicted molar refractivity (Wildman–Crippen MR) is 73.6 cm³/mol. The van der Waals surface area contributed by atoms with Gasteiger partial charge in [-0.3, -0.25) is 9.36 Å². The fraction of sp³-hybridized carbons (Fsp3) is 0.167. The van der Waals surface area contributed by atoms with Crippen LogP contribution in [0.1, 0.15) is 5.56 Å².